The summed E-state index contributed by atoms with van der Waals surface area (Å²) in [5.41, 5.74) is 8.16. The first kappa shape index (κ1) is 13.1. The zero-order valence-corrected chi connectivity index (χ0v) is 11.1. The van der Waals surface area contributed by atoms with Crippen molar-refractivity contribution in [3.8, 4) is 0 Å². The Morgan fingerprint density at radius 2 is 2.11 bits per heavy atom. The number of hydrogen-bond acceptors (Lipinski definition) is 2. The van der Waals surface area contributed by atoms with Crippen molar-refractivity contribution in [3.63, 3.8) is 0 Å². The zero-order chi connectivity index (χ0) is 13.1. The van der Waals surface area contributed by atoms with Gasteiger partial charge in [0.25, 0.3) is 0 Å². The van der Waals surface area contributed by atoms with Gasteiger partial charge in [-0.05, 0) is 43.7 Å². The Balaban J connectivity index is 2.10. The average Bonchev–Trinajstić information content (AvgIpc) is 3.10. The first-order chi connectivity index (χ1) is 8.58. The van der Waals surface area contributed by atoms with Gasteiger partial charge in [0.1, 0.15) is 0 Å². The van der Waals surface area contributed by atoms with Crippen LogP contribution in [0.3, 0.4) is 0 Å². The third-order valence-electron chi connectivity index (χ3n) is 3.44. The van der Waals surface area contributed by atoms with Crippen molar-refractivity contribution in [2.45, 2.75) is 45.2 Å². The van der Waals surface area contributed by atoms with E-state index in [9.17, 15) is 4.79 Å². The quantitative estimate of drug-likeness (QED) is 0.837. The van der Waals surface area contributed by atoms with Gasteiger partial charge in [0.15, 0.2) is 0 Å². The summed E-state index contributed by atoms with van der Waals surface area (Å²) in [6, 6.07) is 8.37. The molecule has 3 N–H and O–H groups in total. The highest BCUT2D eigenvalue weighted by atomic mass is 16.1. The second-order valence-corrected chi connectivity index (χ2v) is 5.42. The normalized spacial score (nSPS) is 18.2. The molecule has 1 aliphatic rings. The van der Waals surface area contributed by atoms with Gasteiger partial charge in [-0.3, -0.25) is 4.79 Å². The molecule has 1 aromatic rings. The SMILES string of the molecule is Cc1ccccc1C(NC(=O)CC(C)N)C1CC1. The van der Waals surface area contributed by atoms with Crippen molar-refractivity contribution >= 4 is 5.91 Å². The Morgan fingerprint density at radius 1 is 1.44 bits per heavy atom. The van der Waals surface area contributed by atoms with Crippen LogP contribution in [0.25, 0.3) is 0 Å². The van der Waals surface area contributed by atoms with Crippen LogP contribution in [0.15, 0.2) is 24.3 Å². The Bertz CT molecular complexity index is 424. The maximum absolute atomic E-state index is 11.9. The molecule has 2 rings (SSSR count). The van der Waals surface area contributed by atoms with Crippen LogP contribution in [0.5, 0.6) is 0 Å². The molecule has 0 radical (unpaired) electrons. The van der Waals surface area contributed by atoms with Gasteiger partial charge in [-0.1, -0.05) is 24.3 Å². The lowest BCUT2D eigenvalue weighted by atomic mass is 9.97. The molecule has 1 amide bonds. The third-order valence-corrected chi connectivity index (χ3v) is 3.44. The summed E-state index contributed by atoms with van der Waals surface area (Å²) in [4.78, 5) is 11.9. The molecular formula is C15H22N2O. The minimum Gasteiger partial charge on any atom is -0.349 e. The smallest absolute Gasteiger partial charge is 0.222 e. The van der Waals surface area contributed by atoms with E-state index in [2.05, 4.69) is 24.4 Å². The van der Waals surface area contributed by atoms with Gasteiger partial charge >= 0.3 is 0 Å². The summed E-state index contributed by atoms with van der Waals surface area (Å²) in [7, 11) is 0. The molecule has 0 bridgehead atoms. The largest absolute Gasteiger partial charge is 0.349 e. The average molecular weight is 246 g/mol. The molecule has 2 unspecified atom stereocenters. The maximum Gasteiger partial charge on any atom is 0.222 e. The van der Waals surface area contributed by atoms with Crippen molar-refractivity contribution in [2.75, 3.05) is 0 Å². The van der Waals surface area contributed by atoms with E-state index in [4.69, 9.17) is 5.73 Å². The Labute approximate surface area is 109 Å². The van der Waals surface area contributed by atoms with Crippen molar-refractivity contribution in [2.24, 2.45) is 11.7 Å². The Hall–Kier alpha value is -1.35. The highest BCUT2D eigenvalue weighted by molar-refractivity contribution is 5.77. The fourth-order valence-electron chi connectivity index (χ4n) is 2.34. The predicted molar refractivity (Wildman–Crippen MR) is 73.1 cm³/mol. The molecule has 0 saturated heterocycles. The predicted octanol–water partition coefficient (Wildman–Crippen LogP) is 2.30. The fraction of sp³-hybridized carbons (Fsp3) is 0.533. The molecule has 0 heterocycles. The Kier molecular flexibility index (Phi) is 4.02. The third kappa shape index (κ3) is 3.33. The standard InChI is InChI=1S/C15H22N2O/c1-10-5-3-4-6-13(10)15(12-7-8-12)17-14(18)9-11(2)16/h3-6,11-12,15H,7-9,16H2,1-2H3,(H,17,18). The van der Waals surface area contributed by atoms with Gasteiger partial charge in [0.2, 0.25) is 5.91 Å². The summed E-state index contributed by atoms with van der Waals surface area (Å²) in [6.07, 6.45) is 2.81. The van der Waals surface area contributed by atoms with Crippen LogP contribution in [0.2, 0.25) is 0 Å². The lowest BCUT2D eigenvalue weighted by Gasteiger charge is -2.21. The number of benzene rings is 1. The van der Waals surface area contributed by atoms with E-state index in [0.717, 1.165) is 0 Å². The molecular weight excluding hydrogens is 224 g/mol. The minimum absolute atomic E-state index is 0.0603. The first-order valence-corrected chi connectivity index (χ1v) is 6.68. The van der Waals surface area contributed by atoms with Gasteiger partial charge in [0.05, 0.1) is 6.04 Å². The molecule has 2 atom stereocenters. The van der Waals surface area contributed by atoms with Gasteiger partial charge in [0, 0.05) is 12.5 Å². The van der Waals surface area contributed by atoms with Gasteiger partial charge in [-0.15, -0.1) is 0 Å². The van der Waals surface area contributed by atoms with Crippen LogP contribution in [0.1, 0.15) is 43.4 Å². The molecule has 0 aromatic heterocycles. The lowest BCUT2D eigenvalue weighted by molar-refractivity contribution is -0.122. The fourth-order valence-corrected chi connectivity index (χ4v) is 2.34. The summed E-state index contributed by atoms with van der Waals surface area (Å²) >= 11 is 0. The van der Waals surface area contributed by atoms with Crippen LogP contribution >= 0.6 is 0 Å². The molecule has 0 spiro atoms. The molecule has 3 heteroatoms. The van der Waals surface area contributed by atoms with E-state index in [0.29, 0.717) is 12.3 Å². The van der Waals surface area contributed by atoms with Crippen LogP contribution in [-0.2, 0) is 4.79 Å². The van der Waals surface area contributed by atoms with Crippen molar-refractivity contribution in [3.05, 3.63) is 35.4 Å². The van der Waals surface area contributed by atoms with E-state index < -0.39 is 0 Å². The van der Waals surface area contributed by atoms with Gasteiger partial charge < -0.3 is 11.1 Å². The molecule has 0 aliphatic heterocycles. The number of nitrogens with two attached hydrogens (primary N) is 1. The summed E-state index contributed by atoms with van der Waals surface area (Å²) < 4.78 is 0. The van der Waals surface area contributed by atoms with Crippen LogP contribution in [0.4, 0.5) is 0 Å². The summed E-state index contributed by atoms with van der Waals surface area (Å²) in [5.74, 6) is 0.660. The van der Waals surface area contributed by atoms with Crippen molar-refractivity contribution < 1.29 is 4.79 Å². The summed E-state index contributed by atoms with van der Waals surface area (Å²) in [6.45, 7) is 3.96. The van der Waals surface area contributed by atoms with Crippen LogP contribution in [0, 0.1) is 12.8 Å². The molecule has 98 valence electrons. The minimum atomic E-state index is -0.0817. The van der Waals surface area contributed by atoms with Gasteiger partial charge in [-0.25, -0.2) is 0 Å². The number of carbonyl (C=O) groups is 1. The Morgan fingerprint density at radius 3 is 2.67 bits per heavy atom. The lowest BCUT2D eigenvalue weighted by Crippen LogP contribution is -2.34. The maximum atomic E-state index is 11.9. The molecule has 1 aliphatic carbocycles. The monoisotopic (exact) mass is 246 g/mol. The van der Waals surface area contributed by atoms with E-state index >= 15 is 0 Å². The second-order valence-electron chi connectivity index (χ2n) is 5.42. The first-order valence-electron chi connectivity index (χ1n) is 6.68. The number of carbonyl (C=O) groups excluding carboxylic acids is 1. The zero-order valence-electron chi connectivity index (χ0n) is 11.1. The summed E-state index contributed by atoms with van der Waals surface area (Å²) in [5, 5.41) is 3.15. The highest BCUT2D eigenvalue weighted by Gasteiger charge is 2.34. The molecule has 1 fully saturated rings. The highest BCUT2D eigenvalue weighted by Crippen LogP contribution is 2.41. The van der Waals surface area contributed by atoms with E-state index in [1.54, 1.807) is 0 Å². The van der Waals surface area contributed by atoms with E-state index in [1.165, 1.54) is 24.0 Å². The van der Waals surface area contributed by atoms with Gasteiger partial charge in [-0.2, -0.15) is 0 Å². The molecule has 18 heavy (non-hydrogen) atoms. The number of hydrogen-bond donors (Lipinski definition) is 2. The molecule has 1 aromatic carbocycles. The topological polar surface area (TPSA) is 55.1 Å². The van der Waals surface area contributed by atoms with Crippen molar-refractivity contribution in [1.82, 2.24) is 5.32 Å². The molecule has 1 saturated carbocycles. The van der Waals surface area contributed by atoms with Crippen molar-refractivity contribution in [1.29, 1.82) is 0 Å². The number of rotatable bonds is 5. The van der Waals surface area contributed by atoms with Crippen LogP contribution in [-0.4, -0.2) is 11.9 Å². The van der Waals surface area contributed by atoms with Crippen LogP contribution < -0.4 is 11.1 Å². The number of nitrogens with one attached hydrogen (secondary N) is 1. The number of aryl methyl sites for hydroxylation is 1. The second kappa shape index (κ2) is 5.53. The molecule has 3 nitrogen and oxygen atoms in total. The van der Waals surface area contributed by atoms with E-state index in [-0.39, 0.29) is 18.0 Å². The number of amides is 1. The van der Waals surface area contributed by atoms with E-state index in [1.807, 2.05) is 19.1 Å².